The number of ether oxygens (including phenoxy) is 1. The molecule has 0 aliphatic rings. The van der Waals surface area contributed by atoms with Crippen molar-refractivity contribution < 1.29 is 4.74 Å². The molecule has 104 valence electrons. The van der Waals surface area contributed by atoms with Crippen LogP contribution in [0.1, 0.15) is 38.8 Å². The van der Waals surface area contributed by atoms with Crippen molar-refractivity contribution in [3.05, 3.63) is 59.7 Å². The fourth-order valence-electron chi connectivity index (χ4n) is 1.62. The van der Waals surface area contributed by atoms with Crippen molar-refractivity contribution in [3.8, 4) is 11.5 Å². The van der Waals surface area contributed by atoms with Gasteiger partial charge in [-0.1, -0.05) is 52.0 Å². The molecule has 2 aromatic carbocycles. The van der Waals surface area contributed by atoms with Crippen molar-refractivity contribution >= 4 is 0 Å². The maximum atomic E-state index is 5.74. The van der Waals surface area contributed by atoms with E-state index in [1.165, 1.54) is 11.1 Å². The molecular weight excluding hydrogens is 232 g/mol. The number of hydrogen-bond donors (Lipinski definition) is 0. The molecule has 0 fully saturated rings. The molecule has 2 rings (SSSR count). The van der Waals surface area contributed by atoms with E-state index in [0.29, 0.717) is 0 Å². The van der Waals surface area contributed by atoms with Crippen LogP contribution >= 0.6 is 0 Å². The Labute approximate surface area is 118 Å². The summed E-state index contributed by atoms with van der Waals surface area (Å²) in [5.74, 6) is 1.78. The zero-order chi connectivity index (χ0) is 14.7. The first kappa shape index (κ1) is 17.2. The number of rotatable bonds is 2. The molecule has 0 spiro atoms. The monoisotopic (exact) mass is 258 g/mol. The summed E-state index contributed by atoms with van der Waals surface area (Å²) < 4.78 is 5.74. The highest BCUT2D eigenvalue weighted by Gasteiger charge is 1.98. The molecule has 1 nitrogen and oxygen atoms in total. The highest BCUT2D eigenvalue weighted by atomic mass is 16.5. The molecule has 0 unspecified atom stereocenters. The minimum absolute atomic E-state index is 0.877. The predicted octanol–water partition coefficient (Wildman–Crippen LogP) is 6.15. The van der Waals surface area contributed by atoms with Gasteiger partial charge in [-0.05, 0) is 49.2 Å². The summed E-state index contributed by atoms with van der Waals surface area (Å²) in [5, 5.41) is 0. The van der Waals surface area contributed by atoms with Crippen molar-refractivity contribution in [1.82, 2.24) is 0 Å². The largest absolute Gasteiger partial charge is 0.457 e. The SMILES string of the molecule is CC.CC.Cc1cc(C)cc(Oc2ccccc2)c1. The van der Waals surface area contributed by atoms with Crippen molar-refractivity contribution in [2.24, 2.45) is 0 Å². The molecule has 0 aromatic heterocycles. The normalized spacial score (nSPS) is 8.53. The Morgan fingerprint density at radius 2 is 1.11 bits per heavy atom. The molecule has 0 saturated carbocycles. The van der Waals surface area contributed by atoms with E-state index in [-0.39, 0.29) is 0 Å². The molecule has 0 bridgehead atoms. The second kappa shape index (κ2) is 10.2. The average molecular weight is 258 g/mol. The maximum absolute atomic E-state index is 5.74. The molecule has 0 heterocycles. The van der Waals surface area contributed by atoms with Crippen LogP contribution in [-0.4, -0.2) is 0 Å². The highest BCUT2D eigenvalue weighted by molar-refractivity contribution is 5.36. The van der Waals surface area contributed by atoms with Gasteiger partial charge in [-0.25, -0.2) is 0 Å². The number of hydrogen-bond acceptors (Lipinski definition) is 1. The Bertz CT molecular complexity index is 426. The molecule has 0 saturated heterocycles. The second-order valence-electron chi connectivity index (χ2n) is 3.74. The molecule has 1 heteroatoms. The summed E-state index contributed by atoms with van der Waals surface area (Å²) >= 11 is 0. The molecular formula is C18H26O. The van der Waals surface area contributed by atoms with Gasteiger partial charge >= 0.3 is 0 Å². The Morgan fingerprint density at radius 3 is 1.58 bits per heavy atom. The van der Waals surface area contributed by atoms with Crippen LogP contribution in [0.5, 0.6) is 11.5 Å². The fourth-order valence-corrected chi connectivity index (χ4v) is 1.62. The van der Waals surface area contributed by atoms with Crippen LogP contribution in [-0.2, 0) is 0 Å². The molecule has 0 N–H and O–H groups in total. The molecule has 0 amide bonds. The standard InChI is InChI=1S/C14H14O.2C2H6/c1-11-8-12(2)10-14(9-11)15-13-6-4-3-5-7-13;2*1-2/h3-10H,1-2H3;2*1-2H3. The van der Waals surface area contributed by atoms with E-state index in [9.17, 15) is 0 Å². The Kier molecular flexibility index (Phi) is 9.25. The smallest absolute Gasteiger partial charge is 0.127 e. The van der Waals surface area contributed by atoms with Crippen LogP contribution in [0.2, 0.25) is 0 Å². The van der Waals surface area contributed by atoms with Gasteiger partial charge in [-0.15, -0.1) is 0 Å². The summed E-state index contributed by atoms with van der Waals surface area (Å²) in [4.78, 5) is 0. The van der Waals surface area contributed by atoms with Crippen LogP contribution in [0.25, 0.3) is 0 Å². The van der Waals surface area contributed by atoms with Gasteiger partial charge in [0.1, 0.15) is 11.5 Å². The lowest BCUT2D eigenvalue weighted by Crippen LogP contribution is -1.85. The van der Waals surface area contributed by atoms with Gasteiger partial charge in [0.25, 0.3) is 0 Å². The molecule has 0 aliphatic heterocycles. The van der Waals surface area contributed by atoms with Crippen LogP contribution in [0.4, 0.5) is 0 Å². The van der Waals surface area contributed by atoms with E-state index in [2.05, 4.69) is 19.9 Å². The lowest BCUT2D eigenvalue weighted by Gasteiger charge is -2.07. The predicted molar refractivity (Wildman–Crippen MR) is 85.1 cm³/mol. The third-order valence-corrected chi connectivity index (χ3v) is 2.17. The van der Waals surface area contributed by atoms with Crippen molar-refractivity contribution in [2.75, 3.05) is 0 Å². The fraction of sp³-hybridized carbons (Fsp3) is 0.333. The third-order valence-electron chi connectivity index (χ3n) is 2.17. The van der Waals surface area contributed by atoms with Crippen molar-refractivity contribution in [2.45, 2.75) is 41.5 Å². The van der Waals surface area contributed by atoms with Gasteiger partial charge in [-0.3, -0.25) is 0 Å². The molecule has 0 radical (unpaired) electrons. The minimum atomic E-state index is 0.877. The number of benzene rings is 2. The Morgan fingerprint density at radius 1 is 0.632 bits per heavy atom. The van der Waals surface area contributed by atoms with Gasteiger partial charge in [0.2, 0.25) is 0 Å². The summed E-state index contributed by atoms with van der Waals surface area (Å²) in [6, 6.07) is 16.1. The van der Waals surface area contributed by atoms with Gasteiger partial charge < -0.3 is 4.74 Å². The Balaban J connectivity index is 0.000000741. The quantitative estimate of drug-likeness (QED) is 0.628. The van der Waals surface area contributed by atoms with E-state index in [1.54, 1.807) is 0 Å². The van der Waals surface area contributed by atoms with Crippen LogP contribution < -0.4 is 4.74 Å². The molecule has 2 aromatic rings. The van der Waals surface area contributed by atoms with E-state index in [4.69, 9.17) is 4.74 Å². The summed E-state index contributed by atoms with van der Waals surface area (Å²) in [6.45, 7) is 12.1. The van der Waals surface area contributed by atoms with E-state index in [0.717, 1.165) is 11.5 Å². The summed E-state index contributed by atoms with van der Waals surface area (Å²) in [6.07, 6.45) is 0. The van der Waals surface area contributed by atoms with E-state index >= 15 is 0 Å². The lowest BCUT2D eigenvalue weighted by molar-refractivity contribution is 0.482. The highest BCUT2D eigenvalue weighted by Crippen LogP contribution is 2.23. The van der Waals surface area contributed by atoms with Gasteiger partial charge in [0, 0.05) is 0 Å². The van der Waals surface area contributed by atoms with Crippen LogP contribution in [0.15, 0.2) is 48.5 Å². The summed E-state index contributed by atoms with van der Waals surface area (Å²) in [5.41, 5.74) is 2.45. The summed E-state index contributed by atoms with van der Waals surface area (Å²) in [7, 11) is 0. The Hall–Kier alpha value is -1.76. The number of para-hydroxylation sites is 1. The van der Waals surface area contributed by atoms with Gasteiger partial charge in [0.15, 0.2) is 0 Å². The number of aryl methyl sites for hydroxylation is 2. The van der Waals surface area contributed by atoms with Gasteiger partial charge in [-0.2, -0.15) is 0 Å². The zero-order valence-electron chi connectivity index (χ0n) is 13.0. The first-order valence-electron chi connectivity index (χ1n) is 7.05. The lowest BCUT2D eigenvalue weighted by atomic mass is 10.1. The maximum Gasteiger partial charge on any atom is 0.127 e. The molecule has 19 heavy (non-hydrogen) atoms. The van der Waals surface area contributed by atoms with E-state index in [1.807, 2.05) is 70.2 Å². The van der Waals surface area contributed by atoms with E-state index < -0.39 is 0 Å². The molecule has 0 aliphatic carbocycles. The van der Waals surface area contributed by atoms with Crippen molar-refractivity contribution in [3.63, 3.8) is 0 Å². The van der Waals surface area contributed by atoms with Crippen molar-refractivity contribution in [1.29, 1.82) is 0 Å². The van der Waals surface area contributed by atoms with Crippen LogP contribution in [0.3, 0.4) is 0 Å². The second-order valence-corrected chi connectivity index (χ2v) is 3.74. The average Bonchev–Trinajstić information content (AvgIpc) is 2.43. The topological polar surface area (TPSA) is 9.23 Å². The van der Waals surface area contributed by atoms with Crippen LogP contribution in [0, 0.1) is 13.8 Å². The zero-order valence-corrected chi connectivity index (χ0v) is 13.0. The first-order chi connectivity index (χ1) is 9.24. The third kappa shape index (κ3) is 6.66. The molecule has 0 atom stereocenters. The van der Waals surface area contributed by atoms with Gasteiger partial charge in [0.05, 0.1) is 0 Å². The minimum Gasteiger partial charge on any atom is -0.457 e. The first-order valence-corrected chi connectivity index (χ1v) is 7.05.